The van der Waals surface area contributed by atoms with Crippen LogP contribution in [-0.4, -0.2) is 26.2 Å². The Morgan fingerprint density at radius 3 is 2.48 bits per heavy atom. The first-order chi connectivity index (χ1) is 10.2. The highest BCUT2D eigenvalue weighted by atomic mass is 35.5. The summed E-state index contributed by atoms with van der Waals surface area (Å²) in [6, 6.07) is 11.1. The summed E-state index contributed by atoms with van der Waals surface area (Å²) in [4.78, 5) is 11.8. The van der Waals surface area contributed by atoms with Crippen molar-refractivity contribution >= 4 is 17.5 Å². The van der Waals surface area contributed by atoms with Crippen LogP contribution in [0.25, 0.3) is 11.1 Å². The predicted octanol–water partition coefficient (Wildman–Crippen LogP) is 3.14. The van der Waals surface area contributed by atoms with Gasteiger partial charge in [-0.15, -0.1) is 0 Å². The molecule has 4 nitrogen and oxygen atoms in total. The van der Waals surface area contributed by atoms with E-state index in [1.807, 2.05) is 24.3 Å². The zero-order chi connectivity index (χ0) is 14.8. The maximum Gasteiger partial charge on any atom is 0.252 e. The second-order valence-electron chi connectivity index (χ2n) is 4.63. The smallest absolute Gasteiger partial charge is 0.252 e. The molecule has 0 saturated heterocycles. The number of amides is 1. The Bertz CT molecular complexity index is 700. The van der Waals surface area contributed by atoms with Crippen molar-refractivity contribution in [2.24, 2.45) is 0 Å². The molecule has 1 amide bonds. The number of ether oxygens (including phenoxy) is 2. The molecule has 2 aromatic rings. The fourth-order valence-corrected chi connectivity index (χ4v) is 2.44. The second kappa shape index (κ2) is 5.66. The third-order valence-corrected chi connectivity index (χ3v) is 3.64. The molecular formula is C16H14ClNO3. The van der Waals surface area contributed by atoms with Crippen LogP contribution in [0.1, 0.15) is 10.4 Å². The first-order valence-corrected chi connectivity index (χ1v) is 6.98. The van der Waals surface area contributed by atoms with Crippen molar-refractivity contribution in [3.8, 4) is 22.6 Å². The van der Waals surface area contributed by atoms with Crippen molar-refractivity contribution in [2.75, 3.05) is 20.3 Å². The van der Waals surface area contributed by atoms with Gasteiger partial charge in [0.05, 0.1) is 10.6 Å². The molecule has 1 N–H and O–H groups in total. The van der Waals surface area contributed by atoms with Crippen LogP contribution in [-0.2, 0) is 0 Å². The van der Waals surface area contributed by atoms with E-state index in [4.69, 9.17) is 21.1 Å². The van der Waals surface area contributed by atoms with Crippen LogP contribution in [0, 0.1) is 0 Å². The topological polar surface area (TPSA) is 47.6 Å². The van der Waals surface area contributed by atoms with Gasteiger partial charge in [0.25, 0.3) is 5.91 Å². The Kier molecular flexibility index (Phi) is 3.71. The van der Waals surface area contributed by atoms with Crippen molar-refractivity contribution in [3.05, 3.63) is 47.0 Å². The third kappa shape index (κ3) is 2.67. The Hall–Kier alpha value is -2.20. The number of carbonyl (C=O) groups excluding carboxylic acids is 1. The number of hydrogen-bond donors (Lipinski definition) is 1. The fourth-order valence-electron chi connectivity index (χ4n) is 2.24. The summed E-state index contributed by atoms with van der Waals surface area (Å²) in [6.45, 7) is 1.11. The number of nitrogens with one attached hydrogen (secondary N) is 1. The Morgan fingerprint density at radius 1 is 1.05 bits per heavy atom. The first kappa shape index (κ1) is 13.8. The molecule has 5 heteroatoms. The molecule has 21 heavy (non-hydrogen) atoms. The van der Waals surface area contributed by atoms with Gasteiger partial charge in [0.1, 0.15) is 13.2 Å². The molecule has 0 spiro atoms. The van der Waals surface area contributed by atoms with Crippen LogP contribution in [0.5, 0.6) is 11.5 Å². The zero-order valence-corrected chi connectivity index (χ0v) is 12.2. The third-order valence-electron chi connectivity index (χ3n) is 3.31. The molecular weight excluding hydrogens is 290 g/mol. The molecule has 3 rings (SSSR count). The van der Waals surface area contributed by atoms with Gasteiger partial charge in [0, 0.05) is 7.05 Å². The quantitative estimate of drug-likeness (QED) is 0.927. The largest absolute Gasteiger partial charge is 0.486 e. The van der Waals surface area contributed by atoms with E-state index in [9.17, 15) is 4.79 Å². The van der Waals surface area contributed by atoms with E-state index in [0.717, 1.165) is 22.6 Å². The number of rotatable bonds is 2. The summed E-state index contributed by atoms with van der Waals surface area (Å²) in [5.41, 5.74) is 2.29. The van der Waals surface area contributed by atoms with Crippen LogP contribution in [0.15, 0.2) is 36.4 Å². The van der Waals surface area contributed by atoms with Crippen molar-refractivity contribution in [1.29, 1.82) is 0 Å². The van der Waals surface area contributed by atoms with Gasteiger partial charge in [-0.2, -0.15) is 0 Å². The summed E-state index contributed by atoms with van der Waals surface area (Å²) in [5, 5.41) is 3.01. The lowest BCUT2D eigenvalue weighted by Crippen LogP contribution is -2.18. The minimum absolute atomic E-state index is 0.209. The summed E-state index contributed by atoms with van der Waals surface area (Å²) in [7, 11) is 1.58. The maximum atomic E-state index is 11.8. The number of fused-ring (bicyclic) bond motifs is 1. The Balaban J connectivity index is 2.02. The Labute approximate surface area is 127 Å². The molecule has 0 atom stereocenters. The van der Waals surface area contributed by atoms with Gasteiger partial charge >= 0.3 is 0 Å². The minimum Gasteiger partial charge on any atom is -0.486 e. The molecule has 2 aromatic carbocycles. The Morgan fingerprint density at radius 2 is 1.71 bits per heavy atom. The van der Waals surface area contributed by atoms with E-state index in [1.54, 1.807) is 19.2 Å². The fraction of sp³-hybridized carbons (Fsp3) is 0.188. The standard InChI is InChI=1S/C16H14ClNO3/c1-18-16(19)12-8-10(2-4-13(12)17)11-3-5-14-15(9-11)21-7-6-20-14/h2-5,8-9H,6-7H2,1H3,(H,18,19). The summed E-state index contributed by atoms with van der Waals surface area (Å²) in [5.74, 6) is 1.25. The SMILES string of the molecule is CNC(=O)c1cc(-c2ccc3c(c2)OCCO3)ccc1Cl. The van der Waals surface area contributed by atoms with E-state index in [2.05, 4.69) is 5.32 Å². The lowest BCUT2D eigenvalue weighted by molar-refractivity contribution is 0.0963. The van der Waals surface area contributed by atoms with Crippen molar-refractivity contribution in [2.45, 2.75) is 0 Å². The van der Waals surface area contributed by atoms with Gasteiger partial charge in [0.2, 0.25) is 0 Å². The molecule has 108 valence electrons. The molecule has 0 unspecified atom stereocenters. The average molecular weight is 304 g/mol. The van der Waals surface area contributed by atoms with E-state index < -0.39 is 0 Å². The number of carbonyl (C=O) groups is 1. The molecule has 0 saturated carbocycles. The van der Waals surface area contributed by atoms with Crippen LogP contribution in [0.4, 0.5) is 0 Å². The molecule has 0 radical (unpaired) electrons. The molecule has 1 aliphatic heterocycles. The van der Waals surface area contributed by atoms with Crippen molar-refractivity contribution in [1.82, 2.24) is 5.32 Å². The van der Waals surface area contributed by atoms with E-state index in [1.165, 1.54) is 0 Å². The number of benzene rings is 2. The van der Waals surface area contributed by atoms with Crippen molar-refractivity contribution in [3.63, 3.8) is 0 Å². The van der Waals surface area contributed by atoms with Gasteiger partial charge in [-0.25, -0.2) is 0 Å². The van der Waals surface area contributed by atoms with Crippen LogP contribution in [0.2, 0.25) is 5.02 Å². The van der Waals surface area contributed by atoms with Crippen molar-refractivity contribution < 1.29 is 14.3 Å². The summed E-state index contributed by atoms with van der Waals surface area (Å²) >= 11 is 6.07. The monoisotopic (exact) mass is 303 g/mol. The number of halogens is 1. The van der Waals surface area contributed by atoms with E-state index in [-0.39, 0.29) is 5.91 Å². The van der Waals surface area contributed by atoms with Crippen LogP contribution in [0.3, 0.4) is 0 Å². The van der Waals surface area contributed by atoms with Crippen LogP contribution >= 0.6 is 11.6 Å². The van der Waals surface area contributed by atoms with Gasteiger partial charge in [-0.05, 0) is 35.4 Å². The molecule has 1 aliphatic rings. The maximum absolute atomic E-state index is 11.8. The van der Waals surface area contributed by atoms with E-state index in [0.29, 0.717) is 23.8 Å². The molecule has 0 fully saturated rings. The van der Waals surface area contributed by atoms with Gasteiger partial charge in [-0.3, -0.25) is 4.79 Å². The molecule has 0 aliphatic carbocycles. The zero-order valence-electron chi connectivity index (χ0n) is 11.5. The summed E-state index contributed by atoms with van der Waals surface area (Å²) in [6.07, 6.45) is 0. The average Bonchev–Trinajstić information content (AvgIpc) is 2.54. The van der Waals surface area contributed by atoms with E-state index >= 15 is 0 Å². The lowest BCUT2D eigenvalue weighted by atomic mass is 10.0. The molecule has 0 bridgehead atoms. The minimum atomic E-state index is -0.209. The lowest BCUT2D eigenvalue weighted by Gasteiger charge is -2.19. The van der Waals surface area contributed by atoms with Gasteiger partial charge in [0.15, 0.2) is 11.5 Å². The van der Waals surface area contributed by atoms with Gasteiger partial charge in [-0.1, -0.05) is 23.7 Å². The number of hydrogen-bond acceptors (Lipinski definition) is 3. The second-order valence-corrected chi connectivity index (χ2v) is 5.04. The molecule has 0 aromatic heterocycles. The van der Waals surface area contributed by atoms with Crippen LogP contribution < -0.4 is 14.8 Å². The normalized spacial score (nSPS) is 12.9. The highest BCUT2D eigenvalue weighted by Gasteiger charge is 2.14. The highest BCUT2D eigenvalue weighted by molar-refractivity contribution is 6.34. The predicted molar refractivity (Wildman–Crippen MR) is 81.3 cm³/mol. The summed E-state index contributed by atoms with van der Waals surface area (Å²) < 4.78 is 11.1. The highest BCUT2D eigenvalue weighted by Crippen LogP contribution is 2.35. The van der Waals surface area contributed by atoms with Gasteiger partial charge < -0.3 is 14.8 Å². The first-order valence-electron chi connectivity index (χ1n) is 6.60. The molecule has 1 heterocycles.